The summed E-state index contributed by atoms with van der Waals surface area (Å²) in [7, 11) is 0. The molecule has 194 valence electrons. The molecular formula is C24H44N6O4. The summed E-state index contributed by atoms with van der Waals surface area (Å²) in [4.78, 5) is 32.4. The first-order valence-corrected chi connectivity index (χ1v) is 12.6. The summed E-state index contributed by atoms with van der Waals surface area (Å²) in [5.74, 6) is -1.19. The number of rotatable bonds is 19. The van der Waals surface area contributed by atoms with Gasteiger partial charge in [-0.25, -0.2) is 9.79 Å². The summed E-state index contributed by atoms with van der Waals surface area (Å²) in [6, 6.07) is -0.427. The summed E-state index contributed by atoms with van der Waals surface area (Å²) in [5.41, 5.74) is 17.4. The fraction of sp³-hybridized carbons (Fsp3) is 0.750. The topological polar surface area (TPSA) is 178 Å². The van der Waals surface area contributed by atoms with Crippen LogP contribution in [-0.4, -0.2) is 48.2 Å². The van der Waals surface area contributed by atoms with Gasteiger partial charge < -0.3 is 32.4 Å². The number of carbonyl (C=O) groups excluding carboxylic acids is 1. The van der Waals surface area contributed by atoms with Crippen LogP contribution in [0, 0.1) is 0 Å². The third-order valence-corrected chi connectivity index (χ3v) is 5.70. The van der Waals surface area contributed by atoms with E-state index in [1.807, 2.05) is 0 Å². The maximum Gasteiger partial charge on any atom is 0.337 e. The van der Waals surface area contributed by atoms with Crippen molar-refractivity contribution in [1.29, 1.82) is 0 Å². The third-order valence-electron chi connectivity index (χ3n) is 5.70. The van der Waals surface area contributed by atoms with E-state index < -0.39 is 18.0 Å². The number of aliphatic imine (C=N–C) groups is 2. The van der Waals surface area contributed by atoms with Crippen molar-refractivity contribution in [3.05, 3.63) is 11.3 Å². The van der Waals surface area contributed by atoms with Gasteiger partial charge in [0.2, 0.25) is 0 Å². The lowest BCUT2D eigenvalue weighted by atomic mass is 9.95. The second-order valence-electron chi connectivity index (χ2n) is 8.71. The van der Waals surface area contributed by atoms with Crippen molar-refractivity contribution < 1.29 is 19.4 Å². The highest BCUT2D eigenvalue weighted by Gasteiger charge is 2.30. The van der Waals surface area contributed by atoms with Crippen LogP contribution in [0.3, 0.4) is 0 Å². The van der Waals surface area contributed by atoms with Crippen LogP contribution in [0.5, 0.6) is 0 Å². The maximum absolute atomic E-state index is 12.9. The number of nitrogens with zero attached hydrogens (tertiary/aromatic N) is 2. The Morgan fingerprint density at radius 3 is 2.29 bits per heavy atom. The van der Waals surface area contributed by atoms with E-state index in [9.17, 15) is 9.59 Å². The van der Waals surface area contributed by atoms with E-state index in [4.69, 9.17) is 27.0 Å². The highest BCUT2D eigenvalue weighted by Crippen LogP contribution is 2.25. The number of carboxylic acids is 1. The van der Waals surface area contributed by atoms with Gasteiger partial charge in [0.1, 0.15) is 0 Å². The molecule has 0 fully saturated rings. The molecule has 0 aromatic carbocycles. The first-order valence-electron chi connectivity index (χ1n) is 12.6. The summed E-state index contributed by atoms with van der Waals surface area (Å²) in [5, 5.41) is 12.0. The van der Waals surface area contributed by atoms with Crippen LogP contribution in [0.1, 0.15) is 96.8 Å². The predicted octanol–water partition coefficient (Wildman–Crippen LogP) is 2.91. The number of hydrogen-bond acceptors (Lipinski definition) is 7. The van der Waals surface area contributed by atoms with E-state index in [2.05, 4.69) is 22.2 Å². The van der Waals surface area contributed by atoms with E-state index in [1.54, 1.807) is 0 Å². The molecule has 10 heteroatoms. The summed E-state index contributed by atoms with van der Waals surface area (Å²) >= 11 is 0. The van der Waals surface area contributed by atoms with Gasteiger partial charge in [0, 0.05) is 12.2 Å². The number of nitrogens with two attached hydrogens (primary N) is 3. The van der Waals surface area contributed by atoms with E-state index in [1.165, 1.54) is 38.5 Å². The molecule has 10 nitrogen and oxygen atoms in total. The number of nitrogens with one attached hydrogen (secondary N) is 1. The fourth-order valence-electron chi connectivity index (χ4n) is 3.90. The molecule has 0 saturated heterocycles. The molecule has 1 unspecified atom stereocenters. The molecule has 34 heavy (non-hydrogen) atoms. The number of allylic oxidation sites excluding steroid dienone is 1. The second-order valence-corrected chi connectivity index (χ2v) is 8.71. The van der Waals surface area contributed by atoms with Crippen molar-refractivity contribution >= 4 is 23.9 Å². The first kappa shape index (κ1) is 29.3. The van der Waals surface area contributed by atoms with Gasteiger partial charge in [0.25, 0.3) is 0 Å². The molecule has 0 amide bonds. The number of aliphatic carboxylic acids is 1. The number of ether oxygens (including phenoxy) is 1. The number of carboxylic acid groups (broad SMARTS) is 1. The minimum Gasteiger partial charge on any atom is -0.481 e. The molecule has 0 aromatic heterocycles. The molecule has 0 saturated carbocycles. The van der Waals surface area contributed by atoms with Gasteiger partial charge in [-0.3, -0.25) is 9.79 Å². The van der Waals surface area contributed by atoms with Gasteiger partial charge in [-0.15, -0.1) is 0 Å². The van der Waals surface area contributed by atoms with Gasteiger partial charge >= 0.3 is 11.9 Å². The van der Waals surface area contributed by atoms with E-state index in [0.717, 1.165) is 19.3 Å². The molecule has 1 aliphatic rings. The summed E-state index contributed by atoms with van der Waals surface area (Å²) < 4.78 is 5.48. The van der Waals surface area contributed by atoms with E-state index >= 15 is 0 Å². The molecule has 1 heterocycles. The van der Waals surface area contributed by atoms with Gasteiger partial charge in [0.15, 0.2) is 11.9 Å². The Hall–Kier alpha value is -2.78. The quantitative estimate of drug-likeness (QED) is 0.0810. The average Bonchev–Trinajstić information content (AvgIpc) is 2.78. The largest absolute Gasteiger partial charge is 0.481 e. The number of carbonyl (C=O) groups is 2. The number of unbranched alkanes of at least 4 members (excludes halogenated alkanes) is 9. The molecule has 1 aliphatic heterocycles. The van der Waals surface area contributed by atoms with Crippen LogP contribution >= 0.6 is 0 Å². The van der Waals surface area contributed by atoms with Crippen molar-refractivity contribution in [3.63, 3.8) is 0 Å². The first-order chi connectivity index (χ1) is 16.3. The van der Waals surface area contributed by atoms with Crippen molar-refractivity contribution in [3.8, 4) is 0 Å². The SMILES string of the molecule is CCCCCCCCCCCC1N=C(N)NC(CCC(=O)O)=C1C(=O)OCCCCN=C(N)N. The lowest BCUT2D eigenvalue weighted by molar-refractivity contribution is -0.140. The van der Waals surface area contributed by atoms with Gasteiger partial charge in [-0.05, 0) is 25.7 Å². The minimum absolute atomic E-state index is 0.0355. The molecule has 1 rings (SSSR count). The van der Waals surface area contributed by atoms with Crippen LogP contribution in [-0.2, 0) is 14.3 Å². The molecule has 0 radical (unpaired) electrons. The Kier molecular flexibility index (Phi) is 15.2. The number of hydrogen-bond donors (Lipinski definition) is 5. The smallest absolute Gasteiger partial charge is 0.337 e. The highest BCUT2D eigenvalue weighted by molar-refractivity contribution is 5.94. The fourth-order valence-corrected chi connectivity index (χ4v) is 3.90. The number of esters is 1. The Labute approximate surface area is 203 Å². The van der Waals surface area contributed by atoms with Crippen LogP contribution in [0.25, 0.3) is 0 Å². The zero-order valence-corrected chi connectivity index (χ0v) is 20.7. The molecule has 8 N–H and O–H groups in total. The van der Waals surface area contributed by atoms with Crippen LogP contribution in [0.15, 0.2) is 21.3 Å². The Bertz CT molecular complexity index is 716. The summed E-state index contributed by atoms with van der Waals surface area (Å²) in [6.45, 7) is 2.91. The molecule has 0 spiro atoms. The molecule has 0 aromatic rings. The predicted molar refractivity (Wildman–Crippen MR) is 135 cm³/mol. The van der Waals surface area contributed by atoms with Crippen LogP contribution in [0.4, 0.5) is 0 Å². The lowest BCUT2D eigenvalue weighted by Gasteiger charge is -2.26. The van der Waals surface area contributed by atoms with Crippen LogP contribution in [0.2, 0.25) is 0 Å². The van der Waals surface area contributed by atoms with Gasteiger partial charge in [-0.2, -0.15) is 0 Å². The highest BCUT2D eigenvalue weighted by atomic mass is 16.5. The zero-order chi connectivity index (χ0) is 25.2. The van der Waals surface area contributed by atoms with E-state index in [0.29, 0.717) is 37.1 Å². The number of guanidine groups is 2. The molecule has 0 aliphatic carbocycles. The second kappa shape index (κ2) is 17.7. The van der Waals surface area contributed by atoms with Gasteiger partial charge in [-0.1, -0.05) is 64.7 Å². The van der Waals surface area contributed by atoms with Crippen molar-refractivity contribution in [2.45, 2.75) is 103 Å². The zero-order valence-electron chi connectivity index (χ0n) is 20.7. The molecule has 0 bridgehead atoms. The van der Waals surface area contributed by atoms with Crippen molar-refractivity contribution in [2.75, 3.05) is 13.2 Å². The Morgan fingerprint density at radius 2 is 1.68 bits per heavy atom. The Balaban J connectivity index is 2.63. The van der Waals surface area contributed by atoms with Gasteiger partial charge in [0.05, 0.1) is 24.6 Å². The molecular weight excluding hydrogens is 436 g/mol. The monoisotopic (exact) mass is 480 g/mol. The standard InChI is InChI=1S/C24H44N6O4/c1-2-3-4-5-6-7-8-9-10-13-18-21(19(14-15-20(31)32)30-24(27)29-18)22(33)34-17-12-11-16-28-23(25)26/h18H,2-17H2,1H3,(H,31,32)(H4,25,26,28)(H3,27,29,30). The maximum atomic E-state index is 12.9. The molecule has 1 atom stereocenters. The minimum atomic E-state index is -0.946. The third kappa shape index (κ3) is 13.1. The average molecular weight is 481 g/mol. The van der Waals surface area contributed by atoms with Crippen LogP contribution < -0.4 is 22.5 Å². The summed E-state index contributed by atoms with van der Waals surface area (Å²) in [6.07, 6.45) is 12.8. The Morgan fingerprint density at radius 1 is 1.03 bits per heavy atom. The normalized spacial score (nSPS) is 15.4. The van der Waals surface area contributed by atoms with Crippen molar-refractivity contribution in [2.24, 2.45) is 27.2 Å². The van der Waals surface area contributed by atoms with E-state index in [-0.39, 0.29) is 31.4 Å². The lowest BCUT2D eigenvalue weighted by Crippen LogP contribution is -2.40. The van der Waals surface area contributed by atoms with Crippen molar-refractivity contribution in [1.82, 2.24) is 5.32 Å².